The molecule has 7 heteroatoms. The smallest absolute Gasteiger partial charge is 0.0834 e. The Morgan fingerprint density at radius 1 is 1.52 bits per heavy atom. The Morgan fingerprint density at radius 2 is 2.29 bits per heavy atom. The van der Waals surface area contributed by atoms with E-state index in [0.717, 1.165) is 23.8 Å². The number of hydrogen-bond donors (Lipinski definition) is 1. The third-order valence-electron chi connectivity index (χ3n) is 3.62. The van der Waals surface area contributed by atoms with Gasteiger partial charge in [0.1, 0.15) is 0 Å². The number of aromatic nitrogens is 2. The molecule has 1 aromatic rings. The van der Waals surface area contributed by atoms with E-state index < -0.39 is 0 Å². The quantitative estimate of drug-likeness (QED) is 0.819. The lowest BCUT2D eigenvalue weighted by Gasteiger charge is -2.35. The number of nitrogens with zero attached hydrogens (tertiary/aromatic N) is 2. The molecular formula is C14H24ClN3OS2. The van der Waals surface area contributed by atoms with Crippen LogP contribution in [0.1, 0.15) is 25.6 Å². The molecule has 1 saturated heterocycles. The predicted octanol–water partition coefficient (Wildman–Crippen LogP) is 3.07. The van der Waals surface area contributed by atoms with Gasteiger partial charge < -0.3 is 10.1 Å². The maximum Gasteiger partial charge on any atom is 0.0834 e. The van der Waals surface area contributed by atoms with Crippen molar-refractivity contribution in [3.63, 3.8) is 0 Å². The van der Waals surface area contributed by atoms with Crippen LogP contribution in [-0.2, 0) is 11.3 Å². The largest absolute Gasteiger partial charge is 0.383 e. The summed E-state index contributed by atoms with van der Waals surface area (Å²) in [5.41, 5.74) is 1.10. The first-order valence-corrected chi connectivity index (χ1v) is 9.83. The molecule has 1 aliphatic rings. The first-order valence-electron chi connectivity index (χ1n) is 7.35. The fourth-order valence-electron chi connectivity index (χ4n) is 2.64. The molecular weight excluding hydrogens is 326 g/mol. The molecule has 1 aromatic heterocycles. The van der Waals surface area contributed by atoms with E-state index in [1.807, 2.05) is 28.2 Å². The molecule has 0 spiro atoms. The van der Waals surface area contributed by atoms with Gasteiger partial charge in [-0.05, 0) is 6.54 Å². The lowest BCUT2D eigenvalue weighted by Crippen LogP contribution is -2.39. The van der Waals surface area contributed by atoms with Crippen molar-refractivity contribution in [1.82, 2.24) is 15.1 Å². The summed E-state index contributed by atoms with van der Waals surface area (Å²) in [5, 5.41) is 9.92. The highest BCUT2D eigenvalue weighted by Crippen LogP contribution is 2.40. The third kappa shape index (κ3) is 4.32. The van der Waals surface area contributed by atoms with E-state index in [9.17, 15) is 0 Å². The summed E-state index contributed by atoms with van der Waals surface area (Å²) in [6.45, 7) is 6.76. The van der Waals surface area contributed by atoms with Crippen molar-refractivity contribution in [2.24, 2.45) is 0 Å². The van der Waals surface area contributed by atoms with Crippen molar-refractivity contribution in [3.8, 4) is 0 Å². The Morgan fingerprint density at radius 3 is 2.95 bits per heavy atom. The van der Waals surface area contributed by atoms with Crippen molar-refractivity contribution in [2.45, 2.75) is 36.9 Å². The van der Waals surface area contributed by atoms with Crippen LogP contribution >= 0.6 is 35.1 Å². The van der Waals surface area contributed by atoms with E-state index in [1.165, 1.54) is 11.5 Å². The minimum atomic E-state index is 0.231. The number of ether oxygens (including phenoxy) is 1. The second kappa shape index (κ2) is 8.67. The number of rotatable bonds is 7. The molecule has 120 valence electrons. The van der Waals surface area contributed by atoms with Crippen LogP contribution in [0.2, 0.25) is 5.02 Å². The normalized spacial score (nSPS) is 24.2. The summed E-state index contributed by atoms with van der Waals surface area (Å²) in [4.78, 5) is 0. The Bertz CT molecular complexity index is 444. The Hall–Kier alpha value is 0.120. The fourth-order valence-corrected chi connectivity index (χ4v) is 5.82. The molecule has 0 radical (unpaired) electrons. The molecule has 3 unspecified atom stereocenters. The molecule has 1 N–H and O–H groups in total. The molecule has 1 fully saturated rings. The van der Waals surface area contributed by atoms with Crippen LogP contribution in [0.5, 0.6) is 0 Å². The maximum atomic E-state index is 6.44. The highest BCUT2D eigenvalue weighted by Gasteiger charge is 2.34. The van der Waals surface area contributed by atoms with Gasteiger partial charge in [-0.3, -0.25) is 4.68 Å². The van der Waals surface area contributed by atoms with Crippen LogP contribution in [0.3, 0.4) is 0 Å². The standard InChI is InChI=1S/C14H24ClN3OS2/c1-4-16-12(14-10(2)20-7-8-21-14)13-11(15)9-17-18(13)5-6-19-3/h9-10,12,14,16H,4-8H2,1-3H3. The van der Waals surface area contributed by atoms with E-state index in [0.29, 0.717) is 17.1 Å². The molecule has 0 aromatic carbocycles. The zero-order chi connectivity index (χ0) is 15.2. The van der Waals surface area contributed by atoms with Gasteiger partial charge in [0, 0.05) is 29.1 Å². The first kappa shape index (κ1) is 17.5. The molecule has 21 heavy (non-hydrogen) atoms. The van der Waals surface area contributed by atoms with Crippen LogP contribution < -0.4 is 5.32 Å². The van der Waals surface area contributed by atoms with Crippen molar-refractivity contribution in [1.29, 1.82) is 0 Å². The van der Waals surface area contributed by atoms with Gasteiger partial charge in [-0.1, -0.05) is 25.4 Å². The van der Waals surface area contributed by atoms with E-state index >= 15 is 0 Å². The second-order valence-electron chi connectivity index (χ2n) is 5.04. The Labute approximate surface area is 140 Å². The fraction of sp³-hybridized carbons (Fsp3) is 0.786. The van der Waals surface area contributed by atoms with Crippen LogP contribution in [0.15, 0.2) is 6.20 Å². The van der Waals surface area contributed by atoms with E-state index in [1.54, 1.807) is 13.3 Å². The van der Waals surface area contributed by atoms with Gasteiger partial charge in [0.15, 0.2) is 0 Å². The van der Waals surface area contributed by atoms with Gasteiger partial charge in [0.25, 0.3) is 0 Å². The first-order chi connectivity index (χ1) is 10.2. The molecule has 0 aliphatic carbocycles. The summed E-state index contributed by atoms with van der Waals surface area (Å²) in [5.74, 6) is 2.43. The monoisotopic (exact) mass is 349 g/mol. The van der Waals surface area contributed by atoms with E-state index in [-0.39, 0.29) is 6.04 Å². The number of nitrogens with one attached hydrogen (secondary N) is 1. The summed E-state index contributed by atoms with van der Waals surface area (Å²) in [6, 6.07) is 0.231. The number of halogens is 1. The van der Waals surface area contributed by atoms with Gasteiger partial charge >= 0.3 is 0 Å². The third-order valence-corrected chi connectivity index (χ3v) is 7.11. The Kier molecular flexibility index (Phi) is 7.22. The molecule has 4 nitrogen and oxygen atoms in total. The molecule has 3 atom stereocenters. The predicted molar refractivity (Wildman–Crippen MR) is 93.7 cm³/mol. The van der Waals surface area contributed by atoms with Gasteiger partial charge in [-0.2, -0.15) is 28.6 Å². The summed E-state index contributed by atoms with van der Waals surface area (Å²) in [6.07, 6.45) is 1.75. The van der Waals surface area contributed by atoms with Gasteiger partial charge in [-0.25, -0.2) is 0 Å². The zero-order valence-corrected chi connectivity index (χ0v) is 15.2. The highest BCUT2D eigenvalue weighted by atomic mass is 35.5. The Balaban J connectivity index is 2.26. The average molecular weight is 350 g/mol. The summed E-state index contributed by atoms with van der Waals surface area (Å²) in [7, 11) is 1.71. The molecule has 0 saturated carbocycles. The molecule has 0 amide bonds. The molecule has 2 heterocycles. The van der Waals surface area contributed by atoms with Crippen LogP contribution in [0.4, 0.5) is 0 Å². The van der Waals surface area contributed by atoms with Crippen molar-refractivity contribution < 1.29 is 4.74 Å². The number of hydrogen-bond acceptors (Lipinski definition) is 5. The summed E-state index contributed by atoms with van der Waals surface area (Å²) < 4.78 is 7.17. The van der Waals surface area contributed by atoms with Crippen molar-refractivity contribution >= 4 is 35.1 Å². The number of methoxy groups -OCH3 is 1. The molecule has 2 rings (SSSR count). The zero-order valence-electron chi connectivity index (χ0n) is 12.8. The van der Waals surface area contributed by atoms with E-state index in [2.05, 4.69) is 24.3 Å². The van der Waals surface area contributed by atoms with Gasteiger partial charge in [-0.15, -0.1) is 0 Å². The SMILES string of the molecule is CCNC(c1c(Cl)cnn1CCOC)C1SCCSC1C. The lowest BCUT2D eigenvalue weighted by molar-refractivity contribution is 0.181. The van der Waals surface area contributed by atoms with Crippen molar-refractivity contribution in [2.75, 3.05) is 31.8 Å². The summed E-state index contributed by atoms with van der Waals surface area (Å²) >= 11 is 10.5. The van der Waals surface area contributed by atoms with Crippen LogP contribution in [0, 0.1) is 0 Å². The number of thioether (sulfide) groups is 2. The second-order valence-corrected chi connectivity index (χ2v) is 8.22. The topological polar surface area (TPSA) is 39.1 Å². The minimum absolute atomic E-state index is 0.231. The lowest BCUT2D eigenvalue weighted by atomic mass is 10.1. The maximum absolute atomic E-state index is 6.44. The minimum Gasteiger partial charge on any atom is -0.383 e. The molecule has 1 aliphatic heterocycles. The van der Waals surface area contributed by atoms with Crippen LogP contribution in [0.25, 0.3) is 0 Å². The van der Waals surface area contributed by atoms with Crippen LogP contribution in [-0.4, -0.2) is 52.0 Å². The van der Waals surface area contributed by atoms with Gasteiger partial charge in [0.2, 0.25) is 0 Å². The van der Waals surface area contributed by atoms with E-state index in [4.69, 9.17) is 16.3 Å². The molecule has 0 bridgehead atoms. The van der Waals surface area contributed by atoms with Gasteiger partial charge in [0.05, 0.1) is 36.1 Å². The average Bonchev–Trinajstić information content (AvgIpc) is 2.84. The van der Waals surface area contributed by atoms with Crippen molar-refractivity contribution in [3.05, 3.63) is 16.9 Å². The highest BCUT2D eigenvalue weighted by molar-refractivity contribution is 8.07.